The average molecular weight is 479 g/mol. The molecule has 4 rings (SSSR count). The van der Waals surface area contributed by atoms with Crippen molar-refractivity contribution in [1.29, 1.82) is 0 Å². The highest BCUT2D eigenvalue weighted by Crippen LogP contribution is 2.34. The Morgan fingerprint density at radius 1 is 1.12 bits per heavy atom. The van der Waals surface area contributed by atoms with E-state index in [0.29, 0.717) is 22.7 Å². The Balaban J connectivity index is 1.46. The molecule has 164 valence electrons. The molecule has 0 spiro atoms. The summed E-state index contributed by atoms with van der Waals surface area (Å²) in [5.41, 5.74) is 0.932. The van der Waals surface area contributed by atoms with Gasteiger partial charge in [-0.1, -0.05) is 58.9 Å². The zero-order chi connectivity index (χ0) is 22.7. The summed E-state index contributed by atoms with van der Waals surface area (Å²) < 4.78 is 40.3. The Morgan fingerprint density at radius 3 is 2.66 bits per heavy atom. The Bertz CT molecular complexity index is 1270. The maximum atomic E-state index is 12.9. The van der Waals surface area contributed by atoms with Crippen molar-refractivity contribution < 1.29 is 18.0 Å². The normalized spacial score (nSPS) is 11.6. The molecule has 12 heteroatoms. The number of amides is 1. The number of rotatable bonds is 6. The van der Waals surface area contributed by atoms with Crippen LogP contribution in [0.2, 0.25) is 5.02 Å². The summed E-state index contributed by atoms with van der Waals surface area (Å²) in [5, 5.41) is 11.1. The number of nitrogens with one attached hydrogen (secondary N) is 1. The molecule has 0 fully saturated rings. The average Bonchev–Trinajstić information content (AvgIpc) is 3.17. The molecule has 0 atom stereocenters. The summed E-state index contributed by atoms with van der Waals surface area (Å²) in [6, 6.07) is 12.4. The van der Waals surface area contributed by atoms with Crippen molar-refractivity contribution in [1.82, 2.24) is 25.0 Å². The number of nitrogens with zero attached hydrogens (tertiary/aromatic N) is 5. The van der Waals surface area contributed by atoms with Crippen molar-refractivity contribution in [2.24, 2.45) is 0 Å². The smallest absolute Gasteiger partial charge is 0.324 e. The van der Waals surface area contributed by atoms with E-state index >= 15 is 0 Å². The number of anilines is 1. The van der Waals surface area contributed by atoms with Crippen molar-refractivity contribution in [3.63, 3.8) is 0 Å². The molecule has 0 aliphatic rings. The summed E-state index contributed by atoms with van der Waals surface area (Å²) in [7, 11) is 0. The third-order valence-corrected chi connectivity index (χ3v) is 5.66. The molecule has 4 aromatic rings. The number of alkyl halides is 3. The van der Waals surface area contributed by atoms with Gasteiger partial charge in [-0.3, -0.25) is 4.79 Å². The SMILES string of the molecule is O=C(CSc1ncnc2c1nnn2Cc1ccccc1)Nc1cc(C(F)(F)F)ccc1Cl. The number of benzene rings is 2. The van der Waals surface area contributed by atoms with Crippen molar-refractivity contribution in [2.75, 3.05) is 11.1 Å². The lowest BCUT2D eigenvalue weighted by atomic mass is 10.2. The Kier molecular flexibility index (Phi) is 6.28. The fourth-order valence-corrected chi connectivity index (χ4v) is 3.75. The zero-order valence-corrected chi connectivity index (χ0v) is 17.7. The van der Waals surface area contributed by atoms with Crippen molar-refractivity contribution in [3.8, 4) is 0 Å². The van der Waals surface area contributed by atoms with Crippen LogP contribution in [0.25, 0.3) is 11.2 Å². The van der Waals surface area contributed by atoms with E-state index in [2.05, 4.69) is 25.6 Å². The number of thioether (sulfide) groups is 1. The summed E-state index contributed by atoms with van der Waals surface area (Å²) in [6.07, 6.45) is -3.20. The highest BCUT2D eigenvalue weighted by Gasteiger charge is 2.31. The minimum Gasteiger partial charge on any atom is -0.324 e. The first-order chi connectivity index (χ1) is 15.3. The first kappa shape index (κ1) is 22.0. The molecule has 2 heterocycles. The molecule has 7 nitrogen and oxygen atoms in total. The highest BCUT2D eigenvalue weighted by molar-refractivity contribution is 8.00. The lowest BCUT2D eigenvalue weighted by Crippen LogP contribution is -2.15. The van der Waals surface area contributed by atoms with Crippen molar-refractivity contribution in [3.05, 3.63) is 71.0 Å². The van der Waals surface area contributed by atoms with Gasteiger partial charge < -0.3 is 5.32 Å². The van der Waals surface area contributed by atoms with Gasteiger partial charge in [-0.15, -0.1) is 5.10 Å². The number of carbonyl (C=O) groups is 1. The molecule has 0 unspecified atom stereocenters. The van der Waals surface area contributed by atoms with Crippen LogP contribution in [-0.4, -0.2) is 36.6 Å². The molecule has 0 bridgehead atoms. The van der Waals surface area contributed by atoms with Gasteiger partial charge in [0, 0.05) is 0 Å². The van der Waals surface area contributed by atoms with Crippen LogP contribution in [0.4, 0.5) is 18.9 Å². The first-order valence-corrected chi connectivity index (χ1v) is 10.5. The third kappa shape index (κ3) is 5.00. The summed E-state index contributed by atoms with van der Waals surface area (Å²) in [4.78, 5) is 20.7. The van der Waals surface area contributed by atoms with Crippen LogP contribution in [0.1, 0.15) is 11.1 Å². The van der Waals surface area contributed by atoms with Crippen LogP contribution in [0, 0.1) is 0 Å². The van der Waals surface area contributed by atoms with Crippen LogP contribution < -0.4 is 5.32 Å². The first-order valence-electron chi connectivity index (χ1n) is 9.19. The quantitative estimate of drug-likeness (QED) is 0.320. The van der Waals surface area contributed by atoms with Gasteiger partial charge in [0.05, 0.1) is 28.6 Å². The van der Waals surface area contributed by atoms with Gasteiger partial charge in [0.2, 0.25) is 5.91 Å². The maximum absolute atomic E-state index is 12.9. The lowest BCUT2D eigenvalue weighted by molar-refractivity contribution is -0.137. The second-order valence-electron chi connectivity index (χ2n) is 6.61. The maximum Gasteiger partial charge on any atom is 0.416 e. The van der Waals surface area contributed by atoms with Gasteiger partial charge in [-0.2, -0.15) is 13.2 Å². The second-order valence-corrected chi connectivity index (χ2v) is 7.98. The van der Waals surface area contributed by atoms with E-state index < -0.39 is 17.6 Å². The largest absolute Gasteiger partial charge is 0.416 e. The third-order valence-electron chi connectivity index (χ3n) is 4.35. The molecule has 2 aromatic carbocycles. The van der Waals surface area contributed by atoms with Gasteiger partial charge >= 0.3 is 6.18 Å². The van der Waals surface area contributed by atoms with Crippen LogP contribution in [0.15, 0.2) is 59.9 Å². The number of carbonyl (C=O) groups excluding carboxylic acids is 1. The van der Waals surface area contributed by atoms with Crippen LogP contribution >= 0.6 is 23.4 Å². The Hall–Kier alpha value is -3.18. The van der Waals surface area contributed by atoms with Crippen LogP contribution in [0.3, 0.4) is 0 Å². The van der Waals surface area contributed by atoms with Gasteiger partial charge in [-0.05, 0) is 23.8 Å². The zero-order valence-electron chi connectivity index (χ0n) is 16.2. The summed E-state index contributed by atoms with van der Waals surface area (Å²) in [6.45, 7) is 0.465. The molecule has 1 amide bonds. The molecule has 0 aliphatic heterocycles. The van der Waals surface area contributed by atoms with E-state index in [4.69, 9.17) is 11.6 Å². The summed E-state index contributed by atoms with van der Waals surface area (Å²) >= 11 is 6.99. The molecule has 0 saturated heterocycles. The van der Waals surface area contributed by atoms with E-state index in [1.165, 1.54) is 6.33 Å². The minimum atomic E-state index is -4.54. The molecule has 2 aromatic heterocycles. The topological polar surface area (TPSA) is 85.6 Å². The molecule has 0 aliphatic carbocycles. The van der Waals surface area contributed by atoms with E-state index in [1.807, 2.05) is 30.3 Å². The number of aromatic nitrogens is 5. The predicted octanol–water partition coefficient (Wildman–Crippen LogP) is 4.67. The van der Waals surface area contributed by atoms with Crippen molar-refractivity contribution in [2.45, 2.75) is 17.7 Å². The van der Waals surface area contributed by atoms with Crippen LogP contribution in [-0.2, 0) is 17.5 Å². The number of hydrogen-bond donors (Lipinski definition) is 1. The highest BCUT2D eigenvalue weighted by atomic mass is 35.5. The molecule has 32 heavy (non-hydrogen) atoms. The van der Waals surface area contributed by atoms with Gasteiger partial charge in [0.25, 0.3) is 0 Å². The fourth-order valence-electron chi connectivity index (χ4n) is 2.86. The number of halogens is 4. The van der Waals surface area contributed by atoms with Crippen LogP contribution in [0.5, 0.6) is 0 Å². The van der Waals surface area contributed by atoms with Gasteiger partial charge in [0.1, 0.15) is 11.4 Å². The van der Waals surface area contributed by atoms with E-state index in [0.717, 1.165) is 35.5 Å². The monoisotopic (exact) mass is 478 g/mol. The Morgan fingerprint density at radius 2 is 1.91 bits per heavy atom. The standard InChI is InChI=1S/C20H14ClF3N6OS/c21-14-7-6-13(20(22,23)24)8-15(14)27-16(31)10-32-19-17-18(25-11-26-19)30(29-28-17)9-12-4-2-1-3-5-12/h1-8,11H,9-10H2,(H,27,31). The number of hydrogen-bond acceptors (Lipinski definition) is 6. The summed E-state index contributed by atoms with van der Waals surface area (Å²) in [5.74, 6) is -0.663. The molecule has 0 saturated carbocycles. The molecular weight excluding hydrogens is 465 g/mol. The fraction of sp³-hybridized carbons (Fsp3) is 0.150. The second kappa shape index (κ2) is 9.13. The van der Waals surface area contributed by atoms with Crippen molar-refractivity contribution >= 4 is 46.1 Å². The van der Waals surface area contributed by atoms with E-state index in [1.54, 1.807) is 4.68 Å². The van der Waals surface area contributed by atoms with E-state index in [9.17, 15) is 18.0 Å². The number of fused-ring (bicyclic) bond motifs is 1. The predicted molar refractivity (Wildman–Crippen MR) is 114 cm³/mol. The van der Waals surface area contributed by atoms with Gasteiger partial charge in [-0.25, -0.2) is 14.6 Å². The van der Waals surface area contributed by atoms with E-state index in [-0.39, 0.29) is 16.5 Å². The Labute approximate surface area is 189 Å². The molecule has 0 radical (unpaired) electrons. The minimum absolute atomic E-state index is 0.00429. The molecular formula is C20H14ClF3N6OS. The molecule has 1 N–H and O–H groups in total. The van der Waals surface area contributed by atoms with Gasteiger partial charge in [0.15, 0.2) is 11.2 Å². The lowest BCUT2D eigenvalue weighted by Gasteiger charge is -2.11.